The zero-order chi connectivity index (χ0) is 21.3. The molecule has 6 heteroatoms. The van der Waals surface area contributed by atoms with Crippen molar-refractivity contribution in [1.82, 2.24) is 9.80 Å². The number of carbonyl (C=O) groups is 1. The molecule has 1 saturated heterocycles. The molecule has 1 fully saturated rings. The lowest BCUT2D eigenvalue weighted by Gasteiger charge is -2.29. The van der Waals surface area contributed by atoms with Crippen LogP contribution in [0.25, 0.3) is 0 Å². The van der Waals surface area contributed by atoms with Crippen molar-refractivity contribution in [3.05, 3.63) is 29.8 Å². The fourth-order valence-electron chi connectivity index (χ4n) is 4.08. The Balaban J connectivity index is 1.82. The number of likely N-dealkylation sites (tertiary alicyclic amines) is 1. The topological polar surface area (TPSA) is 57.7 Å². The molecule has 1 aromatic carbocycles. The standard InChI is InChI=1S/C23H38N2O3S/c1-4-15-24(16-8-9-18-25-17-7-5-6-10-23(25)26)20(2)19-21-11-13-22(14-12-21)29(3,27)28/h11-14,20H,4-10,15-19H2,1-3H3. The van der Waals surface area contributed by atoms with Gasteiger partial charge in [-0.2, -0.15) is 0 Å². The van der Waals surface area contributed by atoms with Crippen LogP contribution in [0.1, 0.15) is 64.4 Å². The Bertz CT molecular complexity index is 731. The number of unbranched alkanes of at least 4 members (excludes halogenated alkanes) is 1. The van der Waals surface area contributed by atoms with Crippen LogP contribution in [0, 0.1) is 0 Å². The van der Waals surface area contributed by atoms with E-state index >= 15 is 0 Å². The highest BCUT2D eigenvalue weighted by Crippen LogP contribution is 2.15. The maximum Gasteiger partial charge on any atom is 0.222 e. The molecular formula is C23H38N2O3S. The highest BCUT2D eigenvalue weighted by Gasteiger charge is 2.17. The molecule has 1 aliphatic rings. The van der Waals surface area contributed by atoms with Crippen LogP contribution in [0.15, 0.2) is 29.2 Å². The molecule has 0 aliphatic carbocycles. The fraction of sp³-hybridized carbons (Fsp3) is 0.696. The van der Waals surface area contributed by atoms with Crippen molar-refractivity contribution in [2.75, 3.05) is 32.4 Å². The van der Waals surface area contributed by atoms with Crippen molar-refractivity contribution < 1.29 is 13.2 Å². The summed E-state index contributed by atoms with van der Waals surface area (Å²) in [6.07, 6.45) is 9.50. The lowest BCUT2D eigenvalue weighted by Crippen LogP contribution is -2.37. The van der Waals surface area contributed by atoms with Crippen molar-refractivity contribution in [2.24, 2.45) is 0 Å². The van der Waals surface area contributed by atoms with Gasteiger partial charge in [-0.05, 0) is 76.2 Å². The second-order valence-corrected chi connectivity index (χ2v) is 10.4. The lowest BCUT2D eigenvalue weighted by atomic mass is 10.1. The second kappa shape index (κ2) is 11.7. The van der Waals surface area contributed by atoms with Gasteiger partial charge in [0.1, 0.15) is 0 Å². The first-order valence-electron chi connectivity index (χ1n) is 11.1. The summed E-state index contributed by atoms with van der Waals surface area (Å²) in [4.78, 5) is 17.1. The third kappa shape index (κ3) is 8.09. The Morgan fingerprint density at radius 1 is 1.07 bits per heavy atom. The zero-order valence-electron chi connectivity index (χ0n) is 18.4. The number of hydrogen-bond acceptors (Lipinski definition) is 4. The Kier molecular flexibility index (Phi) is 9.63. The smallest absolute Gasteiger partial charge is 0.222 e. The summed E-state index contributed by atoms with van der Waals surface area (Å²) in [5, 5.41) is 0. The molecular weight excluding hydrogens is 384 g/mol. The minimum atomic E-state index is -3.14. The first-order valence-corrected chi connectivity index (χ1v) is 13.0. The zero-order valence-corrected chi connectivity index (χ0v) is 19.2. The summed E-state index contributed by atoms with van der Waals surface area (Å²) in [6.45, 7) is 8.37. The molecule has 1 aliphatic heterocycles. The fourth-order valence-corrected chi connectivity index (χ4v) is 4.71. The quantitative estimate of drug-likeness (QED) is 0.507. The van der Waals surface area contributed by atoms with Gasteiger partial charge in [0.2, 0.25) is 5.91 Å². The monoisotopic (exact) mass is 422 g/mol. The summed E-state index contributed by atoms with van der Waals surface area (Å²) >= 11 is 0. The summed E-state index contributed by atoms with van der Waals surface area (Å²) < 4.78 is 23.3. The van der Waals surface area contributed by atoms with Crippen molar-refractivity contribution >= 4 is 15.7 Å². The molecule has 0 bridgehead atoms. The van der Waals surface area contributed by atoms with E-state index < -0.39 is 9.84 Å². The highest BCUT2D eigenvalue weighted by molar-refractivity contribution is 7.90. The van der Waals surface area contributed by atoms with Gasteiger partial charge in [0, 0.05) is 31.8 Å². The maximum absolute atomic E-state index is 12.1. The normalized spacial score (nSPS) is 16.8. The van der Waals surface area contributed by atoms with E-state index in [0.717, 1.165) is 71.1 Å². The third-order valence-corrected chi connectivity index (χ3v) is 6.94. The van der Waals surface area contributed by atoms with Crippen LogP contribution in [-0.2, 0) is 21.1 Å². The molecule has 0 spiro atoms. The Morgan fingerprint density at radius 2 is 1.79 bits per heavy atom. The second-order valence-electron chi connectivity index (χ2n) is 8.40. The van der Waals surface area contributed by atoms with E-state index in [1.54, 1.807) is 12.1 Å². The average molecular weight is 423 g/mol. The molecule has 0 aromatic heterocycles. The summed E-state index contributed by atoms with van der Waals surface area (Å²) in [5.41, 5.74) is 1.17. The van der Waals surface area contributed by atoms with Gasteiger partial charge in [-0.3, -0.25) is 4.79 Å². The van der Waals surface area contributed by atoms with E-state index in [0.29, 0.717) is 16.8 Å². The van der Waals surface area contributed by atoms with Gasteiger partial charge in [0.15, 0.2) is 9.84 Å². The molecule has 29 heavy (non-hydrogen) atoms. The first-order chi connectivity index (χ1) is 13.8. The van der Waals surface area contributed by atoms with Crippen LogP contribution in [0.3, 0.4) is 0 Å². The van der Waals surface area contributed by atoms with E-state index in [4.69, 9.17) is 0 Å². The molecule has 1 heterocycles. The first kappa shape index (κ1) is 23.9. The predicted molar refractivity (Wildman–Crippen MR) is 119 cm³/mol. The molecule has 1 amide bonds. The van der Waals surface area contributed by atoms with Gasteiger partial charge in [0.25, 0.3) is 0 Å². The summed E-state index contributed by atoms with van der Waals surface area (Å²) in [7, 11) is -3.14. The van der Waals surface area contributed by atoms with E-state index in [1.165, 1.54) is 18.2 Å². The highest BCUT2D eigenvalue weighted by atomic mass is 32.2. The molecule has 1 unspecified atom stereocenters. The molecule has 0 saturated carbocycles. The third-order valence-electron chi connectivity index (χ3n) is 5.81. The van der Waals surface area contributed by atoms with Crippen LogP contribution in [-0.4, -0.2) is 62.6 Å². The van der Waals surface area contributed by atoms with Crippen LogP contribution in [0.4, 0.5) is 0 Å². The van der Waals surface area contributed by atoms with Crippen LogP contribution in [0.5, 0.6) is 0 Å². The average Bonchev–Trinajstić information content (AvgIpc) is 2.88. The molecule has 0 N–H and O–H groups in total. The Morgan fingerprint density at radius 3 is 2.45 bits per heavy atom. The predicted octanol–water partition coefficient (Wildman–Crippen LogP) is 3.92. The number of hydrogen-bond donors (Lipinski definition) is 0. The molecule has 0 radical (unpaired) electrons. The van der Waals surface area contributed by atoms with Crippen LogP contribution >= 0.6 is 0 Å². The number of sulfone groups is 1. The number of nitrogens with zero attached hydrogens (tertiary/aromatic N) is 2. The number of rotatable bonds is 11. The van der Waals surface area contributed by atoms with Crippen LogP contribution < -0.4 is 0 Å². The van der Waals surface area contributed by atoms with Gasteiger partial charge >= 0.3 is 0 Å². The van der Waals surface area contributed by atoms with Gasteiger partial charge < -0.3 is 9.80 Å². The van der Waals surface area contributed by atoms with Crippen molar-refractivity contribution in [1.29, 1.82) is 0 Å². The summed E-state index contributed by atoms with van der Waals surface area (Å²) in [6, 6.07) is 7.68. The summed E-state index contributed by atoms with van der Waals surface area (Å²) in [5.74, 6) is 0.332. The van der Waals surface area contributed by atoms with Gasteiger partial charge in [-0.25, -0.2) is 8.42 Å². The van der Waals surface area contributed by atoms with E-state index in [-0.39, 0.29) is 0 Å². The molecule has 164 valence electrons. The molecule has 2 rings (SSSR count). The van der Waals surface area contributed by atoms with Crippen molar-refractivity contribution in [3.63, 3.8) is 0 Å². The van der Waals surface area contributed by atoms with E-state index in [2.05, 4.69) is 23.6 Å². The lowest BCUT2D eigenvalue weighted by molar-refractivity contribution is -0.130. The number of amides is 1. The Hall–Kier alpha value is -1.40. The van der Waals surface area contributed by atoms with Gasteiger partial charge in [-0.1, -0.05) is 25.5 Å². The molecule has 5 nitrogen and oxygen atoms in total. The van der Waals surface area contributed by atoms with Crippen molar-refractivity contribution in [2.45, 2.75) is 76.2 Å². The molecule has 1 aromatic rings. The maximum atomic E-state index is 12.1. The molecule has 1 atom stereocenters. The van der Waals surface area contributed by atoms with E-state index in [9.17, 15) is 13.2 Å². The van der Waals surface area contributed by atoms with E-state index in [1.807, 2.05) is 12.1 Å². The number of benzene rings is 1. The Labute approximate surface area is 177 Å². The SMILES string of the molecule is CCCN(CCCCN1CCCCCC1=O)C(C)Cc1ccc(S(C)(=O)=O)cc1. The minimum absolute atomic E-state index is 0.332. The van der Waals surface area contributed by atoms with Crippen LogP contribution in [0.2, 0.25) is 0 Å². The van der Waals surface area contributed by atoms with Crippen molar-refractivity contribution in [3.8, 4) is 0 Å². The largest absolute Gasteiger partial charge is 0.343 e. The number of carbonyl (C=O) groups excluding carboxylic acids is 1. The van der Waals surface area contributed by atoms with Gasteiger partial charge in [0.05, 0.1) is 4.90 Å². The van der Waals surface area contributed by atoms with Gasteiger partial charge in [-0.15, -0.1) is 0 Å². The minimum Gasteiger partial charge on any atom is -0.343 e.